The van der Waals surface area contributed by atoms with E-state index in [2.05, 4.69) is 9.88 Å². The third-order valence-electron chi connectivity index (χ3n) is 4.81. The Morgan fingerprint density at radius 1 is 1.21 bits per heavy atom. The molecule has 1 amide bonds. The average molecular weight is 372 g/mol. The second kappa shape index (κ2) is 7.70. The number of amides is 1. The predicted molar refractivity (Wildman–Crippen MR) is 94.1 cm³/mol. The van der Waals surface area contributed by atoms with Gasteiger partial charge >= 0.3 is 5.97 Å². The first-order valence-corrected chi connectivity index (χ1v) is 9.66. The van der Waals surface area contributed by atoms with Crippen LogP contribution in [0.5, 0.6) is 0 Å². The van der Waals surface area contributed by atoms with Gasteiger partial charge in [0.25, 0.3) is 5.91 Å². The van der Waals surface area contributed by atoms with Gasteiger partial charge in [0.2, 0.25) is 0 Å². The Hall–Kier alpha value is -1.34. The van der Waals surface area contributed by atoms with Crippen LogP contribution in [0.3, 0.4) is 0 Å². The summed E-state index contributed by atoms with van der Waals surface area (Å²) in [4.78, 5) is 32.3. The molecule has 8 heteroatoms. The van der Waals surface area contributed by atoms with Crippen LogP contribution in [0.2, 0.25) is 5.15 Å². The predicted octanol–water partition coefficient (Wildman–Crippen LogP) is 3.11. The number of likely N-dealkylation sites (tertiary alicyclic amines) is 1. The lowest BCUT2D eigenvalue weighted by Gasteiger charge is -2.31. The quantitative estimate of drug-likeness (QED) is 0.860. The van der Waals surface area contributed by atoms with Crippen molar-refractivity contribution in [2.75, 3.05) is 31.1 Å². The van der Waals surface area contributed by atoms with E-state index in [0.717, 1.165) is 43.9 Å². The second-order valence-corrected chi connectivity index (χ2v) is 7.81. The largest absolute Gasteiger partial charge is 0.481 e. The maximum Gasteiger partial charge on any atom is 0.303 e. The van der Waals surface area contributed by atoms with Crippen LogP contribution in [0.4, 0.5) is 5.13 Å². The van der Waals surface area contributed by atoms with Gasteiger partial charge in [0, 0.05) is 32.6 Å². The molecule has 132 valence electrons. The number of carbonyl (C=O) groups is 2. The summed E-state index contributed by atoms with van der Waals surface area (Å²) in [5.74, 6) is -0.402. The number of nitrogens with zero attached hydrogens (tertiary/aromatic N) is 3. The van der Waals surface area contributed by atoms with Crippen LogP contribution < -0.4 is 4.90 Å². The van der Waals surface area contributed by atoms with Crippen LogP contribution >= 0.6 is 22.9 Å². The highest BCUT2D eigenvalue weighted by atomic mass is 35.5. The molecule has 0 bridgehead atoms. The van der Waals surface area contributed by atoms with Gasteiger partial charge in [0.1, 0.15) is 4.88 Å². The first kappa shape index (κ1) is 17.5. The molecule has 1 aromatic rings. The Morgan fingerprint density at radius 2 is 1.88 bits per heavy atom. The molecule has 0 saturated carbocycles. The van der Waals surface area contributed by atoms with E-state index >= 15 is 0 Å². The van der Waals surface area contributed by atoms with Crippen molar-refractivity contribution in [3.05, 3.63) is 10.0 Å². The molecule has 3 heterocycles. The summed E-state index contributed by atoms with van der Waals surface area (Å²) in [5, 5.41) is 9.92. The van der Waals surface area contributed by atoms with Crippen molar-refractivity contribution in [3.8, 4) is 0 Å². The van der Waals surface area contributed by atoms with E-state index in [1.807, 2.05) is 4.90 Å². The summed E-state index contributed by atoms with van der Waals surface area (Å²) in [6.45, 7) is 3.28. The van der Waals surface area contributed by atoms with Gasteiger partial charge in [-0.25, -0.2) is 4.98 Å². The maximum absolute atomic E-state index is 12.7. The molecule has 3 rings (SSSR count). The highest BCUT2D eigenvalue weighted by Crippen LogP contribution is 2.33. The number of aliphatic carboxylic acids is 1. The van der Waals surface area contributed by atoms with Crippen LogP contribution in [0.1, 0.15) is 48.2 Å². The third kappa shape index (κ3) is 4.00. The fourth-order valence-electron chi connectivity index (χ4n) is 3.36. The highest BCUT2D eigenvalue weighted by molar-refractivity contribution is 7.18. The molecule has 1 N–H and O–H groups in total. The number of piperidine rings is 1. The maximum atomic E-state index is 12.7. The Labute approximate surface area is 150 Å². The number of aromatic nitrogens is 1. The number of carboxylic acid groups (broad SMARTS) is 1. The zero-order valence-corrected chi connectivity index (χ0v) is 15.1. The van der Waals surface area contributed by atoms with Crippen LogP contribution in [0, 0.1) is 5.92 Å². The molecule has 2 aliphatic rings. The molecular weight excluding hydrogens is 350 g/mol. The zero-order valence-electron chi connectivity index (χ0n) is 13.5. The average Bonchev–Trinajstić information content (AvgIpc) is 3.22. The fraction of sp³-hybridized carbons (Fsp3) is 0.688. The topological polar surface area (TPSA) is 73.7 Å². The van der Waals surface area contributed by atoms with Gasteiger partial charge in [-0.2, -0.15) is 0 Å². The summed E-state index contributed by atoms with van der Waals surface area (Å²) < 4.78 is 0. The number of anilines is 1. The van der Waals surface area contributed by atoms with E-state index in [0.29, 0.717) is 35.5 Å². The van der Waals surface area contributed by atoms with Gasteiger partial charge in [-0.3, -0.25) is 9.59 Å². The molecule has 2 saturated heterocycles. The fourth-order valence-corrected chi connectivity index (χ4v) is 4.67. The Bertz CT molecular complexity index is 608. The van der Waals surface area contributed by atoms with Crippen LogP contribution in [0.25, 0.3) is 0 Å². The summed E-state index contributed by atoms with van der Waals surface area (Å²) in [6, 6.07) is 0. The van der Waals surface area contributed by atoms with Crippen molar-refractivity contribution < 1.29 is 14.7 Å². The molecule has 2 fully saturated rings. The van der Waals surface area contributed by atoms with E-state index in [4.69, 9.17) is 16.7 Å². The Kier molecular flexibility index (Phi) is 5.61. The molecule has 2 aliphatic heterocycles. The molecule has 0 radical (unpaired) electrons. The summed E-state index contributed by atoms with van der Waals surface area (Å²) in [7, 11) is 0. The summed E-state index contributed by atoms with van der Waals surface area (Å²) in [5.41, 5.74) is 0. The van der Waals surface area contributed by atoms with E-state index in [1.54, 1.807) is 0 Å². The standard InChI is InChI=1S/C16H22ClN3O3S/c17-14-13(24-16(18-14)20-7-1-2-8-20)15(23)19-9-5-11(6-10-19)3-4-12(21)22/h11H,1-10H2,(H,21,22). The number of halogens is 1. The minimum absolute atomic E-state index is 0.0420. The van der Waals surface area contributed by atoms with Gasteiger partial charge in [-0.1, -0.05) is 22.9 Å². The lowest BCUT2D eigenvalue weighted by atomic mass is 9.92. The van der Waals surface area contributed by atoms with Crippen molar-refractivity contribution in [3.63, 3.8) is 0 Å². The first-order valence-electron chi connectivity index (χ1n) is 8.47. The Morgan fingerprint density at radius 3 is 2.50 bits per heavy atom. The minimum Gasteiger partial charge on any atom is -0.481 e. The SMILES string of the molecule is O=C(O)CCC1CCN(C(=O)c2sc(N3CCCC3)nc2Cl)CC1. The third-order valence-corrected chi connectivity index (χ3v) is 6.30. The molecule has 0 atom stereocenters. The van der Waals surface area contributed by atoms with Crippen molar-refractivity contribution in [1.29, 1.82) is 0 Å². The van der Waals surface area contributed by atoms with Gasteiger partial charge in [-0.05, 0) is 38.0 Å². The zero-order chi connectivity index (χ0) is 17.1. The smallest absolute Gasteiger partial charge is 0.303 e. The lowest BCUT2D eigenvalue weighted by Crippen LogP contribution is -2.38. The van der Waals surface area contributed by atoms with Crippen LogP contribution in [-0.2, 0) is 4.79 Å². The number of carbonyl (C=O) groups excluding carboxylic acids is 1. The van der Waals surface area contributed by atoms with Gasteiger partial charge in [0.15, 0.2) is 10.3 Å². The molecular formula is C16H22ClN3O3S. The second-order valence-electron chi connectivity index (χ2n) is 6.48. The van der Waals surface area contributed by atoms with E-state index in [9.17, 15) is 9.59 Å². The summed E-state index contributed by atoms with van der Waals surface area (Å²) >= 11 is 7.60. The van der Waals surface area contributed by atoms with E-state index < -0.39 is 5.97 Å². The molecule has 6 nitrogen and oxygen atoms in total. The van der Waals surface area contributed by atoms with Gasteiger partial charge in [0.05, 0.1) is 0 Å². The van der Waals surface area contributed by atoms with Crippen molar-refractivity contribution in [2.24, 2.45) is 5.92 Å². The molecule has 0 aliphatic carbocycles. The molecule has 0 aromatic carbocycles. The monoisotopic (exact) mass is 371 g/mol. The lowest BCUT2D eigenvalue weighted by molar-refractivity contribution is -0.137. The van der Waals surface area contributed by atoms with Crippen molar-refractivity contribution >= 4 is 39.9 Å². The molecule has 0 spiro atoms. The minimum atomic E-state index is -0.751. The number of carboxylic acids is 1. The van der Waals surface area contributed by atoms with Crippen LogP contribution in [0.15, 0.2) is 0 Å². The Balaban J connectivity index is 1.58. The first-order chi connectivity index (χ1) is 11.5. The molecule has 1 aromatic heterocycles. The van der Waals surface area contributed by atoms with Gasteiger partial charge in [-0.15, -0.1) is 0 Å². The van der Waals surface area contributed by atoms with Crippen LogP contribution in [-0.4, -0.2) is 53.0 Å². The number of thiazole rings is 1. The van der Waals surface area contributed by atoms with E-state index in [1.165, 1.54) is 11.3 Å². The number of rotatable bonds is 5. The molecule has 0 unspecified atom stereocenters. The highest BCUT2D eigenvalue weighted by Gasteiger charge is 2.28. The number of hydrogen-bond donors (Lipinski definition) is 1. The summed E-state index contributed by atoms with van der Waals surface area (Å²) in [6.07, 6.45) is 4.92. The normalized spacial score (nSPS) is 19.0. The van der Waals surface area contributed by atoms with E-state index in [-0.39, 0.29) is 12.3 Å². The van der Waals surface area contributed by atoms with Crippen molar-refractivity contribution in [1.82, 2.24) is 9.88 Å². The molecule has 24 heavy (non-hydrogen) atoms. The number of hydrogen-bond acceptors (Lipinski definition) is 5. The van der Waals surface area contributed by atoms with Gasteiger partial charge < -0.3 is 14.9 Å². The van der Waals surface area contributed by atoms with Crippen molar-refractivity contribution in [2.45, 2.75) is 38.5 Å².